The molecular formula is C17H21N3O3. The fraction of sp³-hybridized carbons (Fsp3) is 0.294. The third-order valence-electron chi connectivity index (χ3n) is 3.17. The molecule has 6 heteroatoms. The molecule has 1 heterocycles. The van der Waals surface area contributed by atoms with Crippen molar-refractivity contribution >= 4 is 17.3 Å². The molecule has 0 aliphatic rings. The Morgan fingerprint density at radius 1 is 1.17 bits per heavy atom. The summed E-state index contributed by atoms with van der Waals surface area (Å²) in [4.78, 5) is 16.2. The maximum Gasteiger partial charge on any atom is 0.252 e. The Hall–Kier alpha value is -2.60. The number of aromatic nitrogens is 1. The highest BCUT2D eigenvalue weighted by Gasteiger charge is 2.07. The Morgan fingerprint density at radius 2 is 2.04 bits per heavy atom. The minimum atomic E-state index is -0.150. The topological polar surface area (TPSA) is 72.5 Å². The molecule has 2 N–H and O–H groups in total. The SMILES string of the molecule is COCCCNC(=O)c1cncc(Nc2cccc(OC)c2)c1. The summed E-state index contributed by atoms with van der Waals surface area (Å²) in [5.41, 5.74) is 2.11. The van der Waals surface area contributed by atoms with E-state index in [0.717, 1.165) is 23.5 Å². The van der Waals surface area contributed by atoms with Crippen LogP contribution in [0.2, 0.25) is 0 Å². The van der Waals surface area contributed by atoms with Crippen molar-refractivity contribution in [2.45, 2.75) is 6.42 Å². The van der Waals surface area contributed by atoms with Crippen molar-refractivity contribution in [1.82, 2.24) is 10.3 Å². The molecule has 1 aromatic heterocycles. The van der Waals surface area contributed by atoms with Crippen LogP contribution in [0.4, 0.5) is 11.4 Å². The molecule has 122 valence electrons. The van der Waals surface area contributed by atoms with Gasteiger partial charge in [0.15, 0.2) is 0 Å². The highest BCUT2D eigenvalue weighted by molar-refractivity contribution is 5.94. The number of hydrogen-bond donors (Lipinski definition) is 2. The molecule has 1 aromatic carbocycles. The summed E-state index contributed by atoms with van der Waals surface area (Å²) in [6.45, 7) is 1.19. The minimum Gasteiger partial charge on any atom is -0.497 e. The predicted octanol–water partition coefficient (Wildman–Crippen LogP) is 2.60. The number of hydrogen-bond acceptors (Lipinski definition) is 5. The number of amides is 1. The summed E-state index contributed by atoms with van der Waals surface area (Å²) >= 11 is 0. The Kier molecular flexibility index (Phi) is 6.38. The molecule has 1 amide bonds. The van der Waals surface area contributed by atoms with E-state index in [4.69, 9.17) is 9.47 Å². The normalized spacial score (nSPS) is 10.2. The van der Waals surface area contributed by atoms with E-state index in [-0.39, 0.29) is 5.91 Å². The molecule has 0 saturated heterocycles. The number of anilines is 2. The zero-order valence-electron chi connectivity index (χ0n) is 13.3. The summed E-state index contributed by atoms with van der Waals surface area (Å²) in [7, 11) is 3.26. The lowest BCUT2D eigenvalue weighted by Crippen LogP contribution is -2.25. The highest BCUT2D eigenvalue weighted by atomic mass is 16.5. The molecule has 23 heavy (non-hydrogen) atoms. The van der Waals surface area contributed by atoms with Gasteiger partial charge in [-0.05, 0) is 24.6 Å². The van der Waals surface area contributed by atoms with Crippen molar-refractivity contribution in [3.05, 3.63) is 48.3 Å². The van der Waals surface area contributed by atoms with E-state index in [1.54, 1.807) is 32.7 Å². The van der Waals surface area contributed by atoms with Crippen LogP contribution in [-0.2, 0) is 4.74 Å². The maximum absolute atomic E-state index is 12.1. The monoisotopic (exact) mass is 315 g/mol. The van der Waals surface area contributed by atoms with Gasteiger partial charge in [0.2, 0.25) is 0 Å². The number of nitrogens with zero attached hydrogens (tertiary/aromatic N) is 1. The van der Waals surface area contributed by atoms with Gasteiger partial charge in [-0.25, -0.2) is 0 Å². The fourth-order valence-electron chi connectivity index (χ4n) is 2.02. The van der Waals surface area contributed by atoms with Crippen molar-refractivity contribution in [3.8, 4) is 5.75 Å². The first-order valence-corrected chi connectivity index (χ1v) is 7.36. The quantitative estimate of drug-likeness (QED) is 0.733. The van der Waals surface area contributed by atoms with Gasteiger partial charge in [-0.3, -0.25) is 9.78 Å². The Labute approximate surface area is 135 Å². The van der Waals surface area contributed by atoms with Gasteiger partial charge in [0.1, 0.15) is 5.75 Å². The first-order valence-electron chi connectivity index (χ1n) is 7.36. The van der Waals surface area contributed by atoms with Gasteiger partial charge >= 0.3 is 0 Å². The lowest BCUT2D eigenvalue weighted by molar-refractivity contribution is 0.0948. The highest BCUT2D eigenvalue weighted by Crippen LogP contribution is 2.21. The third-order valence-corrected chi connectivity index (χ3v) is 3.17. The van der Waals surface area contributed by atoms with Crippen LogP contribution in [-0.4, -0.2) is 38.3 Å². The third kappa shape index (κ3) is 5.27. The second-order valence-electron chi connectivity index (χ2n) is 4.92. The summed E-state index contributed by atoms with van der Waals surface area (Å²) in [6, 6.07) is 9.31. The number of carbonyl (C=O) groups is 1. The van der Waals surface area contributed by atoms with Crippen LogP contribution in [0.5, 0.6) is 5.75 Å². The number of pyridine rings is 1. The molecule has 0 spiro atoms. The number of carbonyl (C=O) groups excluding carboxylic acids is 1. The molecule has 2 rings (SSSR count). The lowest BCUT2D eigenvalue weighted by Gasteiger charge is -2.09. The number of rotatable bonds is 8. The first kappa shape index (κ1) is 16.8. The van der Waals surface area contributed by atoms with E-state index in [1.807, 2.05) is 24.3 Å². The molecule has 0 fully saturated rings. The molecule has 0 atom stereocenters. The molecular weight excluding hydrogens is 294 g/mol. The zero-order valence-corrected chi connectivity index (χ0v) is 13.3. The Morgan fingerprint density at radius 3 is 2.83 bits per heavy atom. The van der Waals surface area contributed by atoms with E-state index in [0.29, 0.717) is 18.7 Å². The number of methoxy groups -OCH3 is 2. The van der Waals surface area contributed by atoms with Gasteiger partial charge in [0, 0.05) is 38.2 Å². The van der Waals surface area contributed by atoms with Crippen LogP contribution in [0.3, 0.4) is 0 Å². The number of ether oxygens (including phenoxy) is 2. The van der Waals surface area contributed by atoms with Crippen LogP contribution >= 0.6 is 0 Å². The average molecular weight is 315 g/mol. The van der Waals surface area contributed by atoms with Crippen molar-refractivity contribution in [2.75, 3.05) is 32.7 Å². The number of nitrogens with one attached hydrogen (secondary N) is 2. The van der Waals surface area contributed by atoms with Gasteiger partial charge in [-0.2, -0.15) is 0 Å². The second-order valence-corrected chi connectivity index (χ2v) is 4.92. The molecule has 6 nitrogen and oxygen atoms in total. The molecule has 0 aliphatic carbocycles. The van der Waals surface area contributed by atoms with Crippen molar-refractivity contribution in [2.24, 2.45) is 0 Å². The Balaban J connectivity index is 2.00. The van der Waals surface area contributed by atoms with Gasteiger partial charge in [-0.1, -0.05) is 6.07 Å². The summed E-state index contributed by atoms with van der Waals surface area (Å²) < 4.78 is 10.1. The lowest BCUT2D eigenvalue weighted by atomic mass is 10.2. The smallest absolute Gasteiger partial charge is 0.252 e. The molecule has 0 bridgehead atoms. The van der Waals surface area contributed by atoms with Gasteiger partial charge in [0.25, 0.3) is 5.91 Å². The molecule has 2 aromatic rings. The van der Waals surface area contributed by atoms with Crippen LogP contribution in [0.1, 0.15) is 16.8 Å². The summed E-state index contributed by atoms with van der Waals surface area (Å²) in [5, 5.41) is 6.04. The van der Waals surface area contributed by atoms with Crippen LogP contribution in [0, 0.1) is 0 Å². The molecule has 0 radical (unpaired) electrons. The van der Waals surface area contributed by atoms with Crippen LogP contribution in [0.25, 0.3) is 0 Å². The van der Waals surface area contributed by atoms with Gasteiger partial charge in [-0.15, -0.1) is 0 Å². The van der Waals surface area contributed by atoms with E-state index in [9.17, 15) is 4.79 Å². The van der Waals surface area contributed by atoms with E-state index >= 15 is 0 Å². The van der Waals surface area contributed by atoms with Crippen LogP contribution < -0.4 is 15.4 Å². The van der Waals surface area contributed by atoms with E-state index < -0.39 is 0 Å². The molecule has 0 saturated carbocycles. The largest absolute Gasteiger partial charge is 0.497 e. The van der Waals surface area contributed by atoms with Crippen molar-refractivity contribution in [3.63, 3.8) is 0 Å². The maximum atomic E-state index is 12.1. The van der Waals surface area contributed by atoms with E-state index in [1.165, 1.54) is 0 Å². The fourth-order valence-corrected chi connectivity index (χ4v) is 2.02. The summed E-state index contributed by atoms with van der Waals surface area (Å²) in [6.07, 6.45) is 3.99. The summed E-state index contributed by atoms with van der Waals surface area (Å²) in [5.74, 6) is 0.609. The van der Waals surface area contributed by atoms with Crippen LogP contribution in [0.15, 0.2) is 42.7 Å². The van der Waals surface area contributed by atoms with Gasteiger partial charge < -0.3 is 20.1 Å². The van der Waals surface area contributed by atoms with Gasteiger partial charge in [0.05, 0.1) is 24.6 Å². The molecule has 0 aliphatic heterocycles. The van der Waals surface area contributed by atoms with Crippen molar-refractivity contribution in [1.29, 1.82) is 0 Å². The Bertz CT molecular complexity index is 646. The standard InChI is InChI=1S/C17H21N3O3/c1-22-8-4-7-19-17(21)13-9-15(12-18-11-13)20-14-5-3-6-16(10-14)23-2/h3,5-6,9-12,20H,4,7-8H2,1-2H3,(H,19,21). The average Bonchev–Trinajstić information content (AvgIpc) is 2.59. The molecule has 0 unspecified atom stereocenters. The second kappa shape index (κ2) is 8.75. The minimum absolute atomic E-state index is 0.150. The zero-order chi connectivity index (χ0) is 16.5. The number of benzene rings is 1. The van der Waals surface area contributed by atoms with Crippen molar-refractivity contribution < 1.29 is 14.3 Å². The van der Waals surface area contributed by atoms with E-state index in [2.05, 4.69) is 15.6 Å². The first-order chi connectivity index (χ1) is 11.2. The predicted molar refractivity (Wildman–Crippen MR) is 89.3 cm³/mol.